The molecular weight excluding hydrogens is 368 g/mol. The van der Waals surface area contributed by atoms with Crippen molar-refractivity contribution < 1.29 is 22.9 Å². The van der Waals surface area contributed by atoms with E-state index < -0.39 is 10.0 Å². The molecule has 0 bridgehead atoms. The number of nitrogens with zero attached hydrogens (tertiary/aromatic N) is 1. The monoisotopic (exact) mass is 391 g/mol. The smallest absolute Gasteiger partial charge is 0.279 e. The third-order valence-electron chi connectivity index (χ3n) is 4.20. The second-order valence-electron chi connectivity index (χ2n) is 6.36. The number of aliphatic imine (C=N–C) groups is 1. The summed E-state index contributed by atoms with van der Waals surface area (Å²) in [4.78, 5) is 16.4. The number of amidine groups is 1. The van der Waals surface area contributed by atoms with Crippen molar-refractivity contribution in [2.24, 2.45) is 4.99 Å². The number of nitrogens with two attached hydrogens (primary N) is 1. The molecule has 0 aliphatic carbocycles. The zero-order chi connectivity index (χ0) is 19.3. The highest BCUT2D eigenvalue weighted by molar-refractivity contribution is 7.90. The number of sulfonamides is 1. The average Bonchev–Trinajstić information content (AvgIpc) is 3.33. The van der Waals surface area contributed by atoms with Crippen molar-refractivity contribution in [3.8, 4) is 0 Å². The molecule has 0 unspecified atom stereocenters. The van der Waals surface area contributed by atoms with Crippen LogP contribution in [0, 0.1) is 0 Å². The first kappa shape index (κ1) is 19.1. The zero-order valence-corrected chi connectivity index (χ0v) is 15.8. The molecular formula is C18H23N4O4S+. The molecule has 4 N–H and O–H groups in total. The van der Waals surface area contributed by atoms with Gasteiger partial charge in [0.05, 0.1) is 11.2 Å². The van der Waals surface area contributed by atoms with Gasteiger partial charge in [0, 0.05) is 18.7 Å². The third kappa shape index (κ3) is 5.18. The molecule has 1 aromatic carbocycles. The van der Waals surface area contributed by atoms with Crippen molar-refractivity contribution in [2.45, 2.75) is 30.7 Å². The maximum absolute atomic E-state index is 12.5. The topological polar surface area (TPSA) is 117 Å². The minimum absolute atomic E-state index is 0.00819. The van der Waals surface area contributed by atoms with Crippen LogP contribution in [0.3, 0.4) is 0 Å². The first-order valence-electron chi connectivity index (χ1n) is 8.77. The lowest BCUT2D eigenvalue weighted by Gasteiger charge is -2.11. The van der Waals surface area contributed by atoms with Gasteiger partial charge in [-0.25, -0.2) is 8.42 Å². The van der Waals surface area contributed by atoms with Gasteiger partial charge >= 0.3 is 0 Å². The maximum atomic E-state index is 12.5. The van der Waals surface area contributed by atoms with Crippen LogP contribution < -0.4 is 15.4 Å². The van der Waals surface area contributed by atoms with Crippen LogP contribution in [0.1, 0.15) is 31.6 Å². The van der Waals surface area contributed by atoms with Crippen molar-refractivity contribution in [3.05, 3.63) is 48.4 Å². The van der Waals surface area contributed by atoms with Crippen molar-refractivity contribution in [2.75, 3.05) is 18.4 Å². The van der Waals surface area contributed by atoms with Gasteiger partial charge in [0.1, 0.15) is 11.9 Å². The number of hydrogen-bond acceptors (Lipinski definition) is 5. The highest BCUT2D eigenvalue weighted by Gasteiger charge is 2.19. The molecule has 8 nitrogen and oxygen atoms in total. The van der Waals surface area contributed by atoms with Gasteiger partial charge in [-0.3, -0.25) is 14.5 Å². The highest BCUT2D eigenvalue weighted by Crippen LogP contribution is 2.16. The largest absolute Gasteiger partial charge is 0.463 e. The van der Waals surface area contributed by atoms with Gasteiger partial charge in [-0.15, -0.1) is 0 Å². The number of furan rings is 1. The Balaban J connectivity index is 1.59. The van der Waals surface area contributed by atoms with E-state index in [0.717, 1.165) is 12.2 Å². The lowest BCUT2D eigenvalue weighted by molar-refractivity contribution is -0.684. The van der Waals surface area contributed by atoms with E-state index in [1.807, 2.05) is 18.3 Å². The third-order valence-corrected chi connectivity index (χ3v) is 5.58. The number of benzene rings is 1. The van der Waals surface area contributed by atoms with Gasteiger partial charge < -0.3 is 15.1 Å². The summed E-state index contributed by atoms with van der Waals surface area (Å²) in [6.45, 7) is 2.77. The molecule has 1 amide bonds. The van der Waals surface area contributed by atoms with Gasteiger partial charge in [-0.1, -0.05) is 6.07 Å². The van der Waals surface area contributed by atoms with E-state index in [4.69, 9.17) is 4.42 Å². The number of anilines is 1. The lowest BCUT2D eigenvalue weighted by Crippen LogP contribution is -2.86. The van der Waals surface area contributed by atoms with E-state index in [1.54, 1.807) is 24.5 Å². The molecule has 1 atom stereocenters. The summed E-state index contributed by atoms with van der Waals surface area (Å²) in [5.41, 5.74) is 0.426. The number of rotatable bonds is 7. The van der Waals surface area contributed by atoms with Gasteiger partial charge in [0.25, 0.3) is 15.9 Å². The minimum atomic E-state index is -3.71. The molecule has 2 heterocycles. The van der Waals surface area contributed by atoms with Crippen LogP contribution in [0.4, 0.5) is 5.69 Å². The van der Waals surface area contributed by atoms with Gasteiger partial charge in [0.15, 0.2) is 12.3 Å². The number of quaternary nitrogens is 1. The molecule has 3 rings (SSSR count). The highest BCUT2D eigenvalue weighted by atomic mass is 32.2. The second-order valence-corrected chi connectivity index (χ2v) is 8.04. The van der Waals surface area contributed by atoms with E-state index >= 15 is 0 Å². The molecule has 0 saturated heterocycles. The summed E-state index contributed by atoms with van der Waals surface area (Å²) in [5.74, 6) is 1.04. The van der Waals surface area contributed by atoms with Gasteiger partial charge in [-0.2, -0.15) is 0 Å². The Bertz CT molecular complexity index is 923. The number of carbonyl (C=O) groups is 1. The molecule has 27 heavy (non-hydrogen) atoms. The summed E-state index contributed by atoms with van der Waals surface area (Å²) in [6.07, 6.45) is 3.07. The van der Waals surface area contributed by atoms with Crippen molar-refractivity contribution >= 4 is 27.5 Å². The normalized spacial score (nSPS) is 15.2. The summed E-state index contributed by atoms with van der Waals surface area (Å²) < 4.78 is 32.7. The van der Waals surface area contributed by atoms with Crippen LogP contribution in [-0.2, 0) is 14.8 Å². The summed E-state index contributed by atoms with van der Waals surface area (Å²) in [7, 11) is -3.71. The van der Waals surface area contributed by atoms with Gasteiger partial charge in [-0.05, 0) is 43.7 Å². The van der Waals surface area contributed by atoms with Crippen LogP contribution in [0.15, 0.2) is 57.0 Å². The summed E-state index contributed by atoms with van der Waals surface area (Å²) in [6, 6.07) is 9.83. The fraction of sp³-hybridized carbons (Fsp3) is 0.333. The summed E-state index contributed by atoms with van der Waals surface area (Å²) in [5, 5.41) is 4.57. The molecule has 2 aromatic rings. The SMILES string of the molecule is C[C@@H]([NH2+]CC(=O)Nc1cccc(S(=O)(=O)NC2=NCCC2)c1)c1ccco1. The molecule has 1 aliphatic heterocycles. The predicted molar refractivity (Wildman–Crippen MR) is 101 cm³/mol. The average molecular weight is 391 g/mol. The molecule has 0 radical (unpaired) electrons. The van der Waals surface area contributed by atoms with Crippen molar-refractivity contribution in [1.29, 1.82) is 0 Å². The van der Waals surface area contributed by atoms with E-state index in [2.05, 4.69) is 15.0 Å². The van der Waals surface area contributed by atoms with Crippen molar-refractivity contribution in [1.82, 2.24) is 4.72 Å². The Labute approximate surface area is 158 Å². The molecule has 9 heteroatoms. The number of nitrogens with one attached hydrogen (secondary N) is 2. The summed E-state index contributed by atoms with van der Waals surface area (Å²) >= 11 is 0. The Morgan fingerprint density at radius 2 is 2.19 bits per heavy atom. The van der Waals surface area contributed by atoms with E-state index in [1.165, 1.54) is 12.1 Å². The minimum Gasteiger partial charge on any atom is -0.463 e. The van der Waals surface area contributed by atoms with E-state index in [0.29, 0.717) is 24.5 Å². The molecule has 144 valence electrons. The van der Waals surface area contributed by atoms with E-state index in [-0.39, 0.29) is 23.4 Å². The predicted octanol–water partition coefficient (Wildman–Crippen LogP) is 1.01. The number of carbonyl (C=O) groups excluding carboxylic acids is 1. The number of hydrogen-bond donors (Lipinski definition) is 3. The van der Waals surface area contributed by atoms with E-state index in [9.17, 15) is 13.2 Å². The van der Waals surface area contributed by atoms with Crippen LogP contribution in [0.5, 0.6) is 0 Å². The number of amides is 1. The fourth-order valence-corrected chi connectivity index (χ4v) is 3.87. The Morgan fingerprint density at radius 3 is 2.89 bits per heavy atom. The Kier molecular flexibility index (Phi) is 5.92. The fourth-order valence-electron chi connectivity index (χ4n) is 2.74. The van der Waals surface area contributed by atoms with Gasteiger partial charge in [0.2, 0.25) is 0 Å². The lowest BCUT2D eigenvalue weighted by atomic mass is 10.2. The molecule has 1 aromatic heterocycles. The zero-order valence-electron chi connectivity index (χ0n) is 15.0. The van der Waals surface area contributed by atoms with Crippen LogP contribution in [0.25, 0.3) is 0 Å². The molecule has 1 aliphatic rings. The Morgan fingerprint density at radius 1 is 1.33 bits per heavy atom. The first-order valence-corrected chi connectivity index (χ1v) is 10.2. The maximum Gasteiger partial charge on any atom is 0.279 e. The van der Waals surface area contributed by atoms with Crippen LogP contribution in [-0.4, -0.2) is 33.3 Å². The standard InChI is InChI=1S/C18H22N4O4S/c1-13(16-7-4-10-26-16)20-12-18(23)21-14-5-2-6-15(11-14)27(24,25)22-17-8-3-9-19-17/h2,4-7,10-11,13,20H,3,8-9,12H2,1H3,(H,19,22)(H,21,23)/p+1/t13-/m1/s1. The first-order chi connectivity index (χ1) is 12.9. The molecule has 0 saturated carbocycles. The Hall–Kier alpha value is -2.65. The van der Waals surface area contributed by atoms with Crippen molar-refractivity contribution in [3.63, 3.8) is 0 Å². The van der Waals surface area contributed by atoms with Crippen LogP contribution in [0.2, 0.25) is 0 Å². The van der Waals surface area contributed by atoms with Crippen LogP contribution >= 0.6 is 0 Å². The quantitative estimate of drug-likeness (QED) is 0.653. The molecule has 0 fully saturated rings. The molecule has 0 spiro atoms. The second kappa shape index (κ2) is 8.36.